The van der Waals surface area contributed by atoms with Gasteiger partial charge in [0.1, 0.15) is 0 Å². The maximum absolute atomic E-state index is 13.7. The zero-order valence-corrected chi connectivity index (χ0v) is 23.2. The number of hydrogen-bond acceptors (Lipinski definition) is 7. The molecule has 37 heavy (non-hydrogen) atoms. The lowest BCUT2D eigenvalue weighted by Gasteiger charge is -2.38. The number of carbonyl (C=O) groups is 2. The van der Waals surface area contributed by atoms with E-state index in [4.69, 9.17) is 0 Å². The minimum absolute atomic E-state index is 0.00117. The van der Waals surface area contributed by atoms with Crippen LogP contribution in [0.2, 0.25) is 0 Å². The second-order valence-corrected chi connectivity index (χ2v) is 12.4. The molecule has 1 aromatic carbocycles. The average Bonchev–Trinajstić information content (AvgIpc) is 3.35. The Bertz CT molecular complexity index is 1280. The summed E-state index contributed by atoms with van der Waals surface area (Å²) >= 11 is 3.46. The number of rotatable bonds is 5. The van der Waals surface area contributed by atoms with E-state index in [-0.39, 0.29) is 29.2 Å². The molecule has 2 amide bonds. The molecule has 4 heterocycles. The van der Waals surface area contributed by atoms with Gasteiger partial charge < -0.3 is 14.7 Å². The highest BCUT2D eigenvalue weighted by Gasteiger charge is 2.38. The van der Waals surface area contributed by atoms with Gasteiger partial charge in [-0.15, -0.1) is 0 Å². The third-order valence-electron chi connectivity index (χ3n) is 7.41. The Morgan fingerprint density at radius 1 is 1.05 bits per heavy atom. The fourth-order valence-corrected chi connectivity index (χ4v) is 7.97. The molecule has 1 aromatic heterocycles. The predicted molar refractivity (Wildman–Crippen MR) is 143 cm³/mol. The van der Waals surface area contributed by atoms with E-state index in [2.05, 4.69) is 30.8 Å². The Hall–Kier alpha value is -2.57. The first kappa shape index (κ1) is 26.1. The van der Waals surface area contributed by atoms with Crippen molar-refractivity contribution >= 4 is 49.4 Å². The highest BCUT2D eigenvalue weighted by atomic mass is 79.9. The van der Waals surface area contributed by atoms with Crippen LogP contribution in [0.25, 0.3) is 0 Å². The molecule has 198 valence electrons. The van der Waals surface area contributed by atoms with Crippen molar-refractivity contribution in [2.45, 2.75) is 37.5 Å². The Morgan fingerprint density at radius 2 is 1.78 bits per heavy atom. The van der Waals surface area contributed by atoms with Crippen LogP contribution in [-0.2, 0) is 26.0 Å². The van der Waals surface area contributed by atoms with E-state index in [1.807, 2.05) is 11.0 Å². The van der Waals surface area contributed by atoms with Crippen molar-refractivity contribution in [3.8, 4) is 0 Å². The molecule has 2 fully saturated rings. The van der Waals surface area contributed by atoms with Crippen molar-refractivity contribution in [2.24, 2.45) is 5.92 Å². The zero-order valence-electron chi connectivity index (χ0n) is 20.8. The van der Waals surface area contributed by atoms with E-state index in [1.165, 1.54) is 4.31 Å². The smallest absolute Gasteiger partial charge is 0.244 e. The molecular weight excluding hydrogens is 560 g/mol. The van der Waals surface area contributed by atoms with Crippen LogP contribution in [0.15, 0.2) is 40.0 Å². The van der Waals surface area contributed by atoms with Gasteiger partial charge in [-0.1, -0.05) is 6.92 Å². The highest BCUT2D eigenvalue weighted by molar-refractivity contribution is 9.10. The standard InChI is InChI=1S/C25H31BrN6O4S/c1-2-23(33)32-10-6-18-15-20(26)22(16-21(18)32)37(35,36)31-9-3-5-19(17-31)24(34)29-11-13-30(14-12-29)25-27-7-4-8-28-25/h4,7-8,15-16,19H,2-3,5-6,9-14,17H2,1H3/t19-/m0/s1. The molecule has 0 saturated carbocycles. The molecule has 0 aliphatic carbocycles. The summed E-state index contributed by atoms with van der Waals surface area (Å²) in [5.74, 6) is 0.256. The molecule has 5 rings (SSSR count). The molecule has 0 N–H and O–H groups in total. The number of fused-ring (bicyclic) bond motifs is 1. The molecule has 0 bridgehead atoms. The van der Waals surface area contributed by atoms with Crippen molar-refractivity contribution in [1.29, 1.82) is 0 Å². The van der Waals surface area contributed by atoms with Crippen LogP contribution >= 0.6 is 15.9 Å². The lowest BCUT2D eigenvalue weighted by Crippen LogP contribution is -2.53. The van der Waals surface area contributed by atoms with Gasteiger partial charge in [0.15, 0.2) is 0 Å². The normalized spacial score (nSPS) is 20.7. The number of carbonyl (C=O) groups excluding carboxylic acids is 2. The maximum Gasteiger partial charge on any atom is 0.244 e. The Kier molecular flexibility index (Phi) is 7.51. The molecule has 3 aliphatic heterocycles. The van der Waals surface area contributed by atoms with Crippen molar-refractivity contribution in [1.82, 2.24) is 19.2 Å². The minimum Gasteiger partial charge on any atom is -0.339 e. The SMILES string of the molecule is CCC(=O)N1CCc2cc(Br)c(S(=O)(=O)N3CCC[C@H](C(=O)N4CCN(c5ncccn5)CC4)C3)cc21. The summed E-state index contributed by atoms with van der Waals surface area (Å²) in [6.45, 7) is 5.27. The number of benzene rings is 1. The fraction of sp³-hybridized carbons (Fsp3) is 0.520. The van der Waals surface area contributed by atoms with E-state index in [0.717, 1.165) is 5.56 Å². The second-order valence-electron chi connectivity index (χ2n) is 9.62. The van der Waals surface area contributed by atoms with E-state index < -0.39 is 10.0 Å². The van der Waals surface area contributed by atoms with Crippen LogP contribution in [0.5, 0.6) is 0 Å². The van der Waals surface area contributed by atoms with Gasteiger partial charge in [-0.2, -0.15) is 4.31 Å². The van der Waals surface area contributed by atoms with Gasteiger partial charge in [0.2, 0.25) is 27.8 Å². The number of halogens is 1. The number of sulfonamides is 1. The molecule has 0 spiro atoms. The van der Waals surface area contributed by atoms with Crippen molar-refractivity contribution in [3.63, 3.8) is 0 Å². The van der Waals surface area contributed by atoms with E-state index in [9.17, 15) is 18.0 Å². The minimum atomic E-state index is -3.86. The molecule has 0 unspecified atom stereocenters. The Balaban J connectivity index is 1.29. The number of piperidine rings is 1. The van der Waals surface area contributed by atoms with Gasteiger partial charge in [0, 0.05) is 74.8 Å². The highest BCUT2D eigenvalue weighted by Crippen LogP contribution is 2.37. The van der Waals surface area contributed by atoms with Crippen LogP contribution in [-0.4, -0.2) is 85.2 Å². The number of anilines is 2. The first-order valence-electron chi connectivity index (χ1n) is 12.7. The topological polar surface area (TPSA) is 107 Å². The lowest BCUT2D eigenvalue weighted by molar-refractivity contribution is -0.137. The predicted octanol–water partition coefficient (Wildman–Crippen LogP) is 2.29. The molecule has 10 nitrogen and oxygen atoms in total. The number of amides is 2. The summed E-state index contributed by atoms with van der Waals surface area (Å²) in [6, 6.07) is 5.20. The lowest BCUT2D eigenvalue weighted by atomic mass is 9.98. The summed E-state index contributed by atoms with van der Waals surface area (Å²) in [6.07, 6.45) is 5.75. The first-order chi connectivity index (χ1) is 17.8. The molecular formula is C25H31BrN6O4S. The summed E-state index contributed by atoms with van der Waals surface area (Å²) < 4.78 is 29.4. The molecule has 12 heteroatoms. The quantitative estimate of drug-likeness (QED) is 0.525. The van der Waals surface area contributed by atoms with Gasteiger partial charge in [0.25, 0.3) is 0 Å². The van der Waals surface area contributed by atoms with Crippen LogP contribution in [0.3, 0.4) is 0 Å². The number of hydrogen-bond donors (Lipinski definition) is 0. The second kappa shape index (κ2) is 10.7. The average molecular weight is 592 g/mol. The van der Waals surface area contributed by atoms with E-state index >= 15 is 0 Å². The van der Waals surface area contributed by atoms with Crippen molar-refractivity contribution < 1.29 is 18.0 Å². The summed E-state index contributed by atoms with van der Waals surface area (Å²) in [5.41, 5.74) is 1.62. The largest absolute Gasteiger partial charge is 0.339 e. The van der Waals surface area contributed by atoms with Crippen LogP contribution in [0.1, 0.15) is 31.7 Å². The maximum atomic E-state index is 13.7. The van der Waals surface area contributed by atoms with Crippen LogP contribution < -0.4 is 9.80 Å². The zero-order chi connectivity index (χ0) is 26.2. The molecule has 2 aromatic rings. The fourth-order valence-electron chi connectivity index (χ4n) is 5.38. The van der Waals surface area contributed by atoms with Gasteiger partial charge in [-0.25, -0.2) is 18.4 Å². The number of aromatic nitrogens is 2. The van der Waals surface area contributed by atoms with E-state index in [0.29, 0.717) is 81.1 Å². The van der Waals surface area contributed by atoms with Crippen LogP contribution in [0.4, 0.5) is 11.6 Å². The van der Waals surface area contributed by atoms with E-state index in [1.54, 1.807) is 36.4 Å². The Labute approximate surface area is 225 Å². The van der Waals surface area contributed by atoms with Gasteiger partial charge in [0.05, 0.1) is 10.8 Å². The van der Waals surface area contributed by atoms with Crippen LogP contribution in [0, 0.1) is 5.92 Å². The monoisotopic (exact) mass is 590 g/mol. The number of nitrogens with zero attached hydrogens (tertiary/aromatic N) is 6. The van der Waals surface area contributed by atoms with Crippen molar-refractivity contribution in [3.05, 3.63) is 40.6 Å². The van der Waals surface area contributed by atoms with Gasteiger partial charge in [-0.05, 0) is 59.0 Å². The third-order valence-corrected chi connectivity index (χ3v) is 10.2. The molecule has 3 aliphatic rings. The number of piperazine rings is 1. The molecule has 0 radical (unpaired) electrons. The molecule has 2 saturated heterocycles. The summed E-state index contributed by atoms with van der Waals surface area (Å²) in [4.78, 5) is 40.1. The summed E-state index contributed by atoms with van der Waals surface area (Å²) in [5, 5.41) is 0. The summed E-state index contributed by atoms with van der Waals surface area (Å²) in [7, 11) is -3.86. The Morgan fingerprint density at radius 3 is 2.49 bits per heavy atom. The van der Waals surface area contributed by atoms with Crippen molar-refractivity contribution in [2.75, 3.05) is 55.6 Å². The molecule has 1 atom stereocenters. The first-order valence-corrected chi connectivity index (χ1v) is 15.0. The van der Waals surface area contributed by atoms with Gasteiger partial charge >= 0.3 is 0 Å². The third kappa shape index (κ3) is 5.10. The van der Waals surface area contributed by atoms with Gasteiger partial charge in [-0.3, -0.25) is 9.59 Å².